The van der Waals surface area contributed by atoms with Gasteiger partial charge in [-0.05, 0) is 37.8 Å². The normalized spacial score (nSPS) is 17.3. The number of hydrogen-bond acceptors (Lipinski definition) is 2. The van der Waals surface area contributed by atoms with E-state index < -0.39 is 0 Å². The van der Waals surface area contributed by atoms with Gasteiger partial charge in [-0.1, -0.05) is 11.8 Å². The minimum atomic E-state index is -0.313. The Labute approximate surface area is 130 Å². The molecule has 1 aromatic rings. The Morgan fingerprint density at radius 1 is 1.43 bits per heavy atom. The molecule has 1 aliphatic heterocycles. The van der Waals surface area contributed by atoms with Crippen LogP contribution in [0.2, 0.25) is 0 Å². The lowest BCUT2D eigenvalue weighted by molar-refractivity contribution is 0.0981. The van der Waals surface area contributed by atoms with Crippen LogP contribution in [0.5, 0.6) is 5.75 Å². The van der Waals surface area contributed by atoms with Gasteiger partial charge in [0.2, 0.25) is 0 Å². The van der Waals surface area contributed by atoms with Gasteiger partial charge in [-0.3, -0.25) is 0 Å². The fraction of sp³-hybridized carbons (Fsp3) is 0.529. The molecule has 0 aromatic heterocycles. The van der Waals surface area contributed by atoms with Crippen LogP contribution in [0.1, 0.15) is 37.7 Å². The van der Waals surface area contributed by atoms with E-state index in [1.165, 1.54) is 12.1 Å². The fourth-order valence-electron chi connectivity index (χ4n) is 2.29. The Morgan fingerprint density at radius 2 is 2.33 bits per heavy atom. The number of alkyl halides is 1. The van der Waals surface area contributed by atoms with E-state index in [2.05, 4.69) is 11.8 Å². The van der Waals surface area contributed by atoms with E-state index in [1.807, 2.05) is 0 Å². The van der Waals surface area contributed by atoms with Gasteiger partial charge >= 0.3 is 0 Å². The molecule has 0 spiro atoms. The van der Waals surface area contributed by atoms with Crippen LogP contribution in [0.4, 0.5) is 4.39 Å². The van der Waals surface area contributed by atoms with E-state index in [1.54, 1.807) is 6.07 Å². The topological polar surface area (TPSA) is 18.5 Å². The van der Waals surface area contributed by atoms with Gasteiger partial charge in [0.25, 0.3) is 0 Å². The quantitative estimate of drug-likeness (QED) is 0.446. The van der Waals surface area contributed by atoms with Gasteiger partial charge in [0, 0.05) is 25.0 Å². The Balaban J connectivity index is 1.85. The van der Waals surface area contributed by atoms with Gasteiger partial charge in [-0.2, -0.15) is 0 Å². The van der Waals surface area contributed by atoms with Crippen molar-refractivity contribution in [2.24, 2.45) is 0 Å². The standard InChI is InChI=1S/C17H20ClFO2/c18-10-2-1-5-14-8-9-15(19)13-17(14)21-12-4-7-16-6-3-11-20-16/h8-9,13,16H,2-4,6-7,10-12H2. The van der Waals surface area contributed by atoms with Crippen LogP contribution in [0.3, 0.4) is 0 Å². The first-order valence-corrected chi connectivity index (χ1v) is 7.92. The predicted octanol–water partition coefficient (Wildman–Crippen LogP) is 4.14. The van der Waals surface area contributed by atoms with Gasteiger partial charge in [0.1, 0.15) is 11.6 Å². The van der Waals surface area contributed by atoms with E-state index in [0.717, 1.165) is 32.3 Å². The fourth-order valence-corrected chi connectivity index (χ4v) is 2.38. The number of ether oxygens (including phenoxy) is 2. The molecule has 0 amide bonds. The van der Waals surface area contributed by atoms with Gasteiger partial charge in [-0.15, -0.1) is 11.6 Å². The summed E-state index contributed by atoms with van der Waals surface area (Å²) in [6.07, 6.45) is 5.14. The number of hydrogen-bond donors (Lipinski definition) is 0. The highest BCUT2D eigenvalue weighted by Gasteiger charge is 2.14. The van der Waals surface area contributed by atoms with E-state index >= 15 is 0 Å². The summed E-state index contributed by atoms with van der Waals surface area (Å²) in [5, 5.41) is 0. The molecule has 2 rings (SSSR count). The minimum Gasteiger partial charge on any atom is -0.492 e. The molecule has 1 aromatic carbocycles. The van der Waals surface area contributed by atoms with Crippen molar-refractivity contribution < 1.29 is 13.9 Å². The van der Waals surface area contributed by atoms with Crippen molar-refractivity contribution in [3.05, 3.63) is 29.6 Å². The van der Waals surface area contributed by atoms with E-state index in [0.29, 0.717) is 36.3 Å². The minimum absolute atomic E-state index is 0.313. The molecule has 0 N–H and O–H groups in total. The maximum absolute atomic E-state index is 13.3. The molecule has 1 fully saturated rings. The summed E-state index contributed by atoms with van der Waals surface area (Å²) in [5.74, 6) is 6.60. The third-order valence-electron chi connectivity index (χ3n) is 3.34. The molecule has 2 nitrogen and oxygen atoms in total. The van der Waals surface area contributed by atoms with Crippen LogP contribution < -0.4 is 4.74 Å². The van der Waals surface area contributed by atoms with Crippen LogP contribution in [-0.4, -0.2) is 25.2 Å². The van der Waals surface area contributed by atoms with Crippen LogP contribution >= 0.6 is 11.6 Å². The first-order valence-electron chi connectivity index (χ1n) is 7.38. The van der Waals surface area contributed by atoms with E-state index in [4.69, 9.17) is 21.1 Å². The van der Waals surface area contributed by atoms with Crippen LogP contribution in [0.15, 0.2) is 18.2 Å². The maximum Gasteiger partial charge on any atom is 0.137 e. The summed E-state index contributed by atoms with van der Waals surface area (Å²) in [6, 6.07) is 4.42. The molecule has 0 aliphatic carbocycles. The number of rotatable bonds is 6. The van der Waals surface area contributed by atoms with Crippen molar-refractivity contribution in [3.63, 3.8) is 0 Å². The lowest BCUT2D eigenvalue weighted by Gasteiger charge is -2.11. The SMILES string of the molecule is Fc1ccc(C#CCCCl)c(OCCCC2CCCO2)c1. The third-order valence-corrected chi connectivity index (χ3v) is 3.53. The molecular formula is C17H20ClFO2. The summed E-state index contributed by atoms with van der Waals surface area (Å²) in [7, 11) is 0. The summed E-state index contributed by atoms with van der Waals surface area (Å²) < 4.78 is 24.6. The van der Waals surface area contributed by atoms with E-state index in [-0.39, 0.29) is 5.82 Å². The Kier molecular flexibility index (Phi) is 6.85. The Morgan fingerprint density at radius 3 is 3.10 bits per heavy atom. The van der Waals surface area contributed by atoms with Crippen LogP contribution in [-0.2, 0) is 4.74 Å². The van der Waals surface area contributed by atoms with Crippen LogP contribution in [0, 0.1) is 17.7 Å². The van der Waals surface area contributed by atoms with Crippen molar-refractivity contribution in [2.45, 2.75) is 38.2 Å². The van der Waals surface area contributed by atoms with Crippen LogP contribution in [0.25, 0.3) is 0 Å². The lowest BCUT2D eigenvalue weighted by atomic mass is 10.1. The second kappa shape index (κ2) is 8.92. The monoisotopic (exact) mass is 310 g/mol. The summed E-state index contributed by atoms with van der Waals surface area (Å²) in [5.41, 5.74) is 0.707. The third kappa shape index (κ3) is 5.57. The largest absolute Gasteiger partial charge is 0.492 e. The second-order valence-electron chi connectivity index (χ2n) is 5.01. The zero-order valence-corrected chi connectivity index (χ0v) is 12.8. The highest BCUT2D eigenvalue weighted by molar-refractivity contribution is 6.18. The molecule has 1 atom stereocenters. The van der Waals surface area contributed by atoms with Gasteiger partial charge in [0.15, 0.2) is 0 Å². The number of benzene rings is 1. The van der Waals surface area contributed by atoms with Crippen molar-refractivity contribution in [2.75, 3.05) is 19.1 Å². The van der Waals surface area contributed by atoms with Crippen molar-refractivity contribution in [1.29, 1.82) is 0 Å². The van der Waals surface area contributed by atoms with Crippen molar-refractivity contribution in [1.82, 2.24) is 0 Å². The first-order chi connectivity index (χ1) is 10.3. The van der Waals surface area contributed by atoms with Gasteiger partial charge < -0.3 is 9.47 Å². The molecule has 1 unspecified atom stereocenters. The maximum atomic E-state index is 13.3. The smallest absolute Gasteiger partial charge is 0.137 e. The highest BCUT2D eigenvalue weighted by atomic mass is 35.5. The summed E-state index contributed by atoms with van der Waals surface area (Å²) >= 11 is 5.59. The Bertz CT molecular complexity index is 501. The second-order valence-corrected chi connectivity index (χ2v) is 5.38. The first kappa shape index (κ1) is 16.1. The zero-order chi connectivity index (χ0) is 14.9. The molecule has 4 heteroatoms. The number of halogens is 2. The summed E-state index contributed by atoms with van der Waals surface area (Å²) in [6.45, 7) is 1.42. The summed E-state index contributed by atoms with van der Waals surface area (Å²) in [4.78, 5) is 0. The average molecular weight is 311 g/mol. The molecule has 21 heavy (non-hydrogen) atoms. The molecule has 0 bridgehead atoms. The molecule has 114 valence electrons. The molecule has 1 aliphatic rings. The molecule has 1 saturated heterocycles. The highest BCUT2D eigenvalue weighted by Crippen LogP contribution is 2.21. The van der Waals surface area contributed by atoms with Gasteiger partial charge in [-0.25, -0.2) is 4.39 Å². The zero-order valence-electron chi connectivity index (χ0n) is 12.0. The van der Waals surface area contributed by atoms with Crippen molar-refractivity contribution >= 4 is 11.6 Å². The predicted molar refractivity (Wildman–Crippen MR) is 82.3 cm³/mol. The molecular weight excluding hydrogens is 291 g/mol. The van der Waals surface area contributed by atoms with Gasteiger partial charge in [0.05, 0.1) is 18.3 Å². The average Bonchev–Trinajstić information content (AvgIpc) is 2.99. The van der Waals surface area contributed by atoms with Crippen molar-refractivity contribution in [3.8, 4) is 17.6 Å². The molecule has 1 heterocycles. The molecule has 0 radical (unpaired) electrons. The molecule has 0 saturated carbocycles. The Hall–Kier alpha value is -1.24. The lowest BCUT2D eigenvalue weighted by Crippen LogP contribution is -2.08. The van der Waals surface area contributed by atoms with E-state index in [9.17, 15) is 4.39 Å².